The minimum atomic E-state index is -4.86. The maximum absolute atomic E-state index is 14.5. The second kappa shape index (κ2) is 10.3. The number of nitrogens with one attached hydrogen (secondary N) is 1. The van der Waals surface area contributed by atoms with Crippen molar-refractivity contribution >= 4 is 44.0 Å². The maximum Gasteiger partial charge on any atom is 0.286 e. The number of allylic oxidation sites excluding steroid dienone is 1. The number of H-pyrrole nitrogens is 1. The second-order valence-corrected chi connectivity index (χ2v) is 9.79. The molecule has 0 aliphatic rings. The molecule has 39 heavy (non-hydrogen) atoms. The lowest BCUT2D eigenvalue weighted by molar-refractivity contribution is 0.105. The van der Waals surface area contributed by atoms with Crippen LogP contribution < -0.4 is 5.73 Å². The number of sulfonamides is 1. The summed E-state index contributed by atoms with van der Waals surface area (Å²) in [6.45, 7) is 1.12. The summed E-state index contributed by atoms with van der Waals surface area (Å²) in [5, 5.41) is 20.6. The van der Waals surface area contributed by atoms with Gasteiger partial charge in [-0.3, -0.25) is 4.79 Å². The van der Waals surface area contributed by atoms with Gasteiger partial charge in [0, 0.05) is 11.6 Å². The van der Waals surface area contributed by atoms with E-state index in [-0.39, 0.29) is 18.0 Å². The topological polar surface area (TPSA) is 159 Å². The Bertz CT molecular complexity index is 1770. The lowest BCUT2D eigenvalue weighted by Gasteiger charge is -2.11. The molecule has 1 atom stereocenters. The Balaban J connectivity index is 1.98. The van der Waals surface area contributed by atoms with Crippen LogP contribution in [0.25, 0.3) is 22.4 Å². The van der Waals surface area contributed by atoms with Crippen molar-refractivity contribution in [3.8, 4) is 0 Å². The lowest BCUT2D eigenvalue weighted by atomic mass is 9.98. The smallest absolute Gasteiger partial charge is 0.286 e. The third-order valence-corrected chi connectivity index (χ3v) is 6.80. The molecule has 5 N–H and O–H groups in total. The molecule has 4 aromatic rings. The van der Waals surface area contributed by atoms with E-state index in [0.29, 0.717) is 23.2 Å². The first-order chi connectivity index (χ1) is 18.3. The number of aliphatic hydroxyl groups is 2. The van der Waals surface area contributed by atoms with Gasteiger partial charge < -0.3 is 20.9 Å². The number of amidine groups is 1. The maximum atomic E-state index is 14.5. The fraction of sp³-hybridized carbons (Fsp3) is 0.0800. The number of aliphatic hydroxyl groups excluding tert-OH is 2. The Labute approximate surface area is 218 Å². The molecule has 0 radical (unpaired) electrons. The molecule has 202 valence electrons. The van der Waals surface area contributed by atoms with Crippen LogP contribution >= 0.6 is 0 Å². The number of para-hydroxylation sites is 2. The summed E-state index contributed by atoms with van der Waals surface area (Å²) in [4.78, 5) is 19.3. The highest BCUT2D eigenvalue weighted by Crippen LogP contribution is 2.31. The minimum absolute atomic E-state index is 0.142. The molecule has 0 bridgehead atoms. The average Bonchev–Trinajstić information content (AvgIpc) is 3.29. The highest BCUT2D eigenvalue weighted by Gasteiger charge is 2.29. The van der Waals surface area contributed by atoms with Crippen LogP contribution in [-0.4, -0.2) is 46.3 Å². The van der Waals surface area contributed by atoms with Gasteiger partial charge in [-0.05, 0) is 43.3 Å². The van der Waals surface area contributed by atoms with Gasteiger partial charge in [0.2, 0.25) is 5.78 Å². The van der Waals surface area contributed by atoms with E-state index >= 15 is 0 Å². The van der Waals surface area contributed by atoms with Gasteiger partial charge in [-0.1, -0.05) is 12.1 Å². The van der Waals surface area contributed by atoms with Crippen molar-refractivity contribution in [1.82, 2.24) is 9.97 Å². The molecule has 0 aliphatic heterocycles. The average molecular weight is 563 g/mol. The van der Waals surface area contributed by atoms with E-state index in [4.69, 9.17) is 5.73 Å². The van der Waals surface area contributed by atoms with Crippen molar-refractivity contribution in [2.45, 2.75) is 17.9 Å². The molecule has 0 spiro atoms. The Morgan fingerprint density at radius 2 is 1.67 bits per heavy atom. The molecule has 3 aromatic carbocycles. The lowest BCUT2D eigenvalue weighted by Crippen LogP contribution is -2.27. The number of carbonyl (C=O) groups excluding carboxylic acids is 1. The quantitative estimate of drug-likeness (QED) is 0.0506. The number of nitrogens with zero attached hydrogens (tertiary/aromatic N) is 2. The molecular weight excluding hydrogens is 544 g/mol. The highest BCUT2D eigenvalue weighted by molar-refractivity contribution is 7.90. The zero-order chi connectivity index (χ0) is 28.6. The number of carbonyl (C=O) groups is 1. The normalized spacial score (nSPS) is 13.8. The molecule has 0 aliphatic carbocycles. The number of imidazole rings is 1. The number of hydrogen-bond donors (Lipinski definition) is 4. The SMILES string of the molecule is C[C@@H](O)/C(N)=N/S(=O)(=O)c1cc(/C(O)=C(/C(=O)c2cc(F)c(F)cc2F)c2nc3ccccc3[nH]2)ccc1F. The number of halogens is 4. The number of benzene rings is 3. The van der Waals surface area contributed by atoms with Crippen LogP contribution in [0.1, 0.15) is 28.7 Å². The van der Waals surface area contributed by atoms with Crippen LogP contribution in [0.2, 0.25) is 0 Å². The molecule has 9 nitrogen and oxygen atoms in total. The highest BCUT2D eigenvalue weighted by atomic mass is 32.2. The van der Waals surface area contributed by atoms with E-state index in [9.17, 15) is 41.0 Å². The van der Waals surface area contributed by atoms with Crippen LogP contribution in [0.5, 0.6) is 0 Å². The number of Topliss-reactive ketones (excluding diaryl/α,β-unsaturated/α-hetero) is 1. The van der Waals surface area contributed by atoms with Gasteiger partial charge in [-0.15, -0.1) is 4.40 Å². The number of rotatable bonds is 7. The van der Waals surface area contributed by atoms with Crippen LogP contribution in [0.3, 0.4) is 0 Å². The molecule has 0 saturated carbocycles. The first-order valence-electron chi connectivity index (χ1n) is 11.0. The third-order valence-electron chi connectivity index (χ3n) is 5.48. The molecule has 0 unspecified atom stereocenters. The standard InChI is InChI=1S/C25H18F4N4O5S/c1-11(34)24(30)33-39(37,38)20-8-12(6-7-14(20)26)22(35)21(25-31-18-4-2-3-5-19(18)32-25)23(36)13-9-16(28)17(29)10-15(13)27/h2-11,34-35H,1H3,(H2,30,33)(H,31,32)/b22-21+/t11-/m1/s1. The number of fused-ring (bicyclic) bond motifs is 1. The second-order valence-electron chi connectivity index (χ2n) is 8.21. The van der Waals surface area contributed by atoms with Crippen molar-refractivity contribution in [1.29, 1.82) is 0 Å². The van der Waals surface area contributed by atoms with Gasteiger partial charge in [0.15, 0.2) is 11.6 Å². The Kier molecular flexibility index (Phi) is 7.26. The fourth-order valence-corrected chi connectivity index (χ4v) is 4.61. The van der Waals surface area contributed by atoms with Crippen molar-refractivity contribution in [3.05, 3.63) is 94.8 Å². The van der Waals surface area contributed by atoms with E-state index in [1.54, 1.807) is 24.3 Å². The molecule has 14 heteroatoms. The van der Waals surface area contributed by atoms with Gasteiger partial charge in [0.05, 0.1) is 16.6 Å². The van der Waals surface area contributed by atoms with E-state index < -0.39 is 78.4 Å². The summed E-state index contributed by atoms with van der Waals surface area (Å²) in [5.41, 5.74) is 3.86. The Hall–Kier alpha value is -4.56. The van der Waals surface area contributed by atoms with Crippen LogP contribution in [0.15, 0.2) is 63.9 Å². The first-order valence-corrected chi connectivity index (χ1v) is 12.4. The molecule has 1 aromatic heterocycles. The number of hydrogen-bond acceptors (Lipinski definition) is 6. The number of aromatic amines is 1. The molecule has 4 rings (SSSR count). The molecule has 1 heterocycles. The van der Waals surface area contributed by atoms with Crippen molar-refractivity contribution in [3.63, 3.8) is 0 Å². The predicted molar refractivity (Wildman–Crippen MR) is 133 cm³/mol. The third kappa shape index (κ3) is 5.37. The van der Waals surface area contributed by atoms with Crippen molar-refractivity contribution < 1.29 is 41.0 Å². The zero-order valence-electron chi connectivity index (χ0n) is 19.8. The van der Waals surface area contributed by atoms with E-state index in [1.165, 1.54) is 0 Å². The van der Waals surface area contributed by atoms with E-state index in [1.807, 2.05) is 0 Å². The summed E-state index contributed by atoms with van der Waals surface area (Å²) >= 11 is 0. The zero-order valence-corrected chi connectivity index (χ0v) is 20.6. The van der Waals surface area contributed by atoms with Gasteiger partial charge in [0.1, 0.15) is 45.6 Å². The van der Waals surface area contributed by atoms with Crippen molar-refractivity contribution in [2.75, 3.05) is 0 Å². The van der Waals surface area contributed by atoms with Crippen LogP contribution in [-0.2, 0) is 10.0 Å². The molecule has 0 fully saturated rings. The number of aromatic nitrogens is 2. The Morgan fingerprint density at radius 1 is 1.00 bits per heavy atom. The fourth-order valence-electron chi connectivity index (χ4n) is 3.49. The number of ketones is 1. The summed E-state index contributed by atoms with van der Waals surface area (Å²) in [7, 11) is -4.86. The summed E-state index contributed by atoms with van der Waals surface area (Å²) in [6.07, 6.45) is -1.48. The number of nitrogens with two attached hydrogens (primary N) is 1. The largest absolute Gasteiger partial charge is 0.506 e. The summed E-state index contributed by atoms with van der Waals surface area (Å²) in [6, 6.07) is 8.95. The van der Waals surface area contributed by atoms with Crippen LogP contribution in [0, 0.1) is 23.3 Å². The minimum Gasteiger partial charge on any atom is -0.506 e. The van der Waals surface area contributed by atoms with Gasteiger partial charge in [-0.25, -0.2) is 22.5 Å². The van der Waals surface area contributed by atoms with Gasteiger partial charge in [0.25, 0.3) is 10.0 Å². The van der Waals surface area contributed by atoms with E-state index in [0.717, 1.165) is 13.0 Å². The Morgan fingerprint density at radius 3 is 2.33 bits per heavy atom. The molecular formula is C25H18F4N4O5S. The first kappa shape index (κ1) is 27.5. The van der Waals surface area contributed by atoms with E-state index in [2.05, 4.69) is 14.4 Å². The van der Waals surface area contributed by atoms with Gasteiger partial charge in [-0.2, -0.15) is 8.42 Å². The summed E-state index contributed by atoms with van der Waals surface area (Å²) in [5.74, 6) is -9.32. The predicted octanol–water partition coefficient (Wildman–Crippen LogP) is 3.86. The molecule has 0 saturated heterocycles. The van der Waals surface area contributed by atoms with Crippen LogP contribution in [0.4, 0.5) is 17.6 Å². The van der Waals surface area contributed by atoms with Gasteiger partial charge >= 0.3 is 0 Å². The molecule has 0 amide bonds. The monoisotopic (exact) mass is 562 g/mol. The summed E-state index contributed by atoms with van der Waals surface area (Å²) < 4.78 is 85.0. The van der Waals surface area contributed by atoms with Crippen molar-refractivity contribution in [2.24, 2.45) is 10.1 Å².